The van der Waals surface area contributed by atoms with Crippen LogP contribution in [-0.2, 0) is 13.1 Å². The monoisotopic (exact) mass is 396 g/mol. The highest BCUT2D eigenvalue weighted by Gasteiger charge is 2.15. The van der Waals surface area contributed by atoms with Crippen molar-refractivity contribution in [3.63, 3.8) is 0 Å². The van der Waals surface area contributed by atoms with Crippen molar-refractivity contribution in [2.45, 2.75) is 19.5 Å². The fourth-order valence-electron chi connectivity index (χ4n) is 3.20. The van der Waals surface area contributed by atoms with Crippen molar-refractivity contribution in [3.05, 3.63) is 53.0 Å². The summed E-state index contributed by atoms with van der Waals surface area (Å²) in [5.41, 5.74) is 3.23. The molecule has 3 heterocycles. The van der Waals surface area contributed by atoms with E-state index in [4.69, 9.17) is 23.9 Å². The lowest BCUT2D eigenvalue weighted by molar-refractivity contribution is 0.174. The summed E-state index contributed by atoms with van der Waals surface area (Å²) in [5, 5.41) is 6.51. The molecule has 0 fully saturated rings. The molecular weight excluding hydrogens is 376 g/mol. The molecule has 0 bridgehead atoms. The van der Waals surface area contributed by atoms with Gasteiger partial charge in [-0.1, -0.05) is 6.07 Å². The molecule has 0 amide bonds. The molecule has 5 rings (SSSR count). The molecule has 144 valence electrons. The highest BCUT2D eigenvalue weighted by Crippen LogP contribution is 2.36. The van der Waals surface area contributed by atoms with Crippen LogP contribution in [0.15, 0.2) is 41.8 Å². The molecule has 0 unspecified atom stereocenters. The minimum atomic E-state index is 0.283. The lowest BCUT2D eigenvalue weighted by Crippen LogP contribution is -2.13. The Morgan fingerprint density at radius 1 is 0.857 bits per heavy atom. The maximum atomic E-state index is 5.76. The lowest BCUT2D eigenvalue weighted by Gasteiger charge is -2.09. The van der Waals surface area contributed by atoms with Gasteiger partial charge in [0, 0.05) is 30.5 Å². The van der Waals surface area contributed by atoms with E-state index in [1.807, 2.05) is 30.3 Å². The molecule has 1 aromatic heterocycles. The topological polar surface area (TPSA) is 61.8 Å². The maximum Gasteiger partial charge on any atom is 0.231 e. The summed E-state index contributed by atoms with van der Waals surface area (Å²) in [5.74, 6) is 3.23. The summed E-state index contributed by atoms with van der Waals surface area (Å²) < 4.78 is 22.3. The minimum absolute atomic E-state index is 0.283. The van der Waals surface area contributed by atoms with E-state index in [9.17, 15) is 0 Å². The van der Waals surface area contributed by atoms with Gasteiger partial charge in [-0.25, -0.2) is 4.98 Å². The molecule has 6 nitrogen and oxygen atoms in total. The second-order valence-electron chi connectivity index (χ2n) is 6.65. The number of ether oxygens (including phenoxy) is 4. The first-order chi connectivity index (χ1) is 13.8. The van der Waals surface area contributed by atoms with Gasteiger partial charge in [-0.3, -0.25) is 0 Å². The van der Waals surface area contributed by atoms with Crippen LogP contribution in [0.25, 0.3) is 10.6 Å². The van der Waals surface area contributed by atoms with Crippen molar-refractivity contribution in [2.75, 3.05) is 20.0 Å². The molecule has 2 aliphatic rings. The van der Waals surface area contributed by atoms with Gasteiger partial charge in [-0.15, -0.1) is 11.3 Å². The van der Waals surface area contributed by atoms with E-state index in [1.165, 1.54) is 0 Å². The average Bonchev–Trinajstić information content (AvgIpc) is 3.32. The highest BCUT2D eigenvalue weighted by atomic mass is 32.1. The van der Waals surface area contributed by atoms with Crippen LogP contribution in [0.2, 0.25) is 0 Å². The molecule has 0 saturated carbocycles. The number of hydrogen-bond acceptors (Lipinski definition) is 7. The summed E-state index contributed by atoms with van der Waals surface area (Å²) in [7, 11) is 0. The fourth-order valence-corrected chi connectivity index (χ4v) is 4.02. The van der Waals surface area contributed by atoms with Crippen molar-refractivity contribution >= 4 is 11.3 Å². The zero-order valence-electron chi connectivity index (χ0n) is 15.3. The Balaban J connectivity index is 1.21. The van der Waals surface area contributed by atoms with E-state index in [0.29, 0.717) is 19.8 Å². The molecule has 7 heteroatoms. The number of aromatic nitrogens is 1. The number of nitrogens with zero attached hydrogens (tertiary/aromatic N) is 1. The summed E-state index contributed by atoms with van der Waals surface area (Å²) in [6, 6.07) is 12.0. The van der Waals surface area contributed by atoms with Crippen molar-refractivity contribution in [1.82, 2.24) is 10.3 Å². The molecule has 2 aliphatic heterocycles. The second kappa shape index (κ2) is 7.69. The largest absolute Gasteiger partial charge is 0.490 e. The predicted molar refractivity (Wildman–Crippen MR) is 106 cm³/mol. The third kappa shape index (κ3) is 3.63. The van der Waals surface area contributed by atoms with E-state index in [0.717, 1.165) is 57.8 Å². The Morgan fingerprint density at radius 3 is 2.61 bits per heavy atom. The third-order valence-corrected chi connectivity index (χ3v) is 5.56. The van der Waals surface area contributed by atoms with Crippen LogP contribution in [0.4, 0.5) is 0 Å². The maximum absolute atomic E-state index is 5.76. The Hall–Kier alpha value is -2.77. The molecule has 1 N–H and O–H groups in total. The summed E-state index contributed by atoms with van der Waals surface area (Å²) in [6.45, 7) is 3.14. The van der Waals surface area contributed by atoms with E-state index in [-0.39, 0.29) is 6.79 Å². The van der Waals surface area contributed by atoms with Gasteiger partial charge >= 0.3 is 0 Å². The Kier molecular flexibility index (Phi) is 4.76. The second-order valence-corrected chi connectivity index (χ2v) is 7.51. The fraction of sp³-hybridized carbons (Fsp3) is 0.286. The molecule has 28 heavy (non-hydrogen) atoms. The molecule has 0 spiro atoms. The van der Waals surface area contributed by atoms with Crippen molar-refractivity contribution in [1.29, 1.82) is 0 Å². The number of fused-ring (bicyclic) bond motifs is 2. The van der Waals surface area contributed by atoms with E-state index < -0.39 is 0 Å². The molecule has 2 aromatic carbocycles. The summed E-state index contributed by atoms with van der Waals surface area (Å²) >= 11 is 1.63. The Labute approximate surface area is 167 Å². The standard InChI is InChI=1S/C21H20N2O4S/c1-6-24-17-4-2-14(8-19(17)25-7-1)10-22-11-16-12-28-21(23-16)15-3-5-18-20(9-15)27-13-26-18/h2-5,8-9,12,22H,1,6-7,10-11,13H2. The van der Waals surface area contributed by atoms with Crippen molar-refractivity contribution in [2.24, 2.45) is 0 Å². The van der Waals surface area contributed by atoms with Crippen LogP contribution >= 0.6 is 11.3 Å². The molecule has 3 aromatic rings. The number of hydrogen-bond donors (Lipinski definition) is 1. The van der Waals surface area contributed by atoms with E-state index >= 15 is 0 Å². The number of benzene rings is 2. The van der Waals surface area contributed by atoms with Gasteiger partial charge in [0.05, 0.1) is 18.9 Å². The van der Waals surface area contributed by atoms with Gasteiger partial charge < -0.3 is 24.3 Å². The smallest absolute Gasteiger partial charge is 0.231 e. The Morgan fingerprint density at radius 2 is 1.64 bits per heavy atom. The zero-order chi connectivity index (χ0) is 18.8. The third-order valence-electron chi connectivity index (χ3n) is 4.62. The lowest BCUT2D eigenvalue weighted by atomic mass is 10.2. The highest BCUT2D eigenvalue weighted by molar-refractivity contribution is 7.13. The van der Waals surface area contributed by atoms with E-state index in [2.05, 4.69) is 16.8 Å². The van der Waals surface area contributed by atoms with Gasteiger partial charge in [-0.2, -0.15) is 0 Å². The molecule has 0 atom stereocenters. The van der Waals surface area contributed by atoms with E-state index in [1.54, 1.807) is 11.3 Å². The van der Waals surface area contributed by atoms with Crippen LogP contribution in [0, 0.1) is 0 Å². The molecule has 0 saturated heterocycles. The first-order valence-corrected chi connectivity index (χ1v) is 10.2. The predicted octanol–water partition coefficient (Wildman–Crippen LogP) is 3.99. The van der Waals surface area contributed by atoms with Gasteiger partial charge in [0.25, 0.3) is 0 Å². The zero-order valence-corrected chi connectivity index (χ0v) is 16.1. The molecule has 0 aliphatic carbocycles. The summed E-state index contributed by atoms with van der Waals surface area (Å²) in [4.78, 5) is 4.73. The van der Waals surface area contributed by atoms with Gasteiger partial charge in [-0.05, 0) is 35.9 Å². The van der Waals surface area contributed by atoms with Gasteiger partial charge in [0.15, 0.2) is 23.0 Å². The molecule has 0 radical (unpaired) electrons. The minimum Gasteiger partial charge on any atom is -0.490 e. The molecular formula is C21H20N2O4S. The van der Waals surface area contributed by atoms with Gasteiger partial charge in [0.1, 0.15) is 5.01 Å². The van der Waals surface area contributed by atoms with Crippen LogP contribution < -0.4 is 24.3 Å². The first-order valence-electron chi connectivity index (χ1n) is 9.29. The first kappa shape index (κ1) is 17.3. The number of thiazole rings is 1. The Bertz CT molecular complexity index is 988. The van der Waals surface area contributed by atoms with Crippen molar-refractivity contribution < 1.29 is 18.9 Å². The normalized spacial score (nSPS) is 14.7. The van der Waals surface area contributed by atoms with Crippen LogP contribution in [0.3, 0.4) is 0 Å². The summed E-state index contributed by atoms with van der Waals surface area (Å²) in [6.07, 6.45) is 0.914. The van der Waals surface area contributed by atoms with Crippen LogP contribution in [-0.4, -0.2) is 25.0 Å². The van der Waals surface area contributed by atoms with Crippen LogP contribution in [0.1, 0.15) is 17.7 Å². The quantitative estimate of drug-likeness (QED) is 0.704. The number of nitrogens with one attached hydrogen (secondary N) is 1. The number of rotatable bonds is 5. The van der Waals surface area contributed by atoms with Crippen molar-refractivity contribution in [3.8, 4) is 33.6 Å². The SMILES string of the molecule is c1cc2c(cc1CNCc1csc(-c3ccc4c(c3)OCO4)n1)OCCCO2. The average molecular weight is 396 g/mol. The van der Waals surface area contributed by atoms with Crippen LogP contribution in [0.5, 0.6) is 23.0 Å². The van der Waals surface area contributed by atoms with Gasteiger partial charge in [0.2, 0.25) is 6.79 Å².